The van der Waals surface area contributed by atoms with Gasteiger partial charge >= 0.3 is 5.97 Å². The van der Waals surface area contributed by atoms with Gasteiger partial charge in [0.25, 0.3) is 0 Å². The van der Waals surface area contributed by atoms with Crippen molar-refractivity contribution in [1.29, 1.82) is 0 Å². The van der Waals surface area contributed by atoms with Crippen LogP contribution in [0.4, 0.5) is 0 Å². The summed E-state index contributed by atoms with van der Waals surface area (Å²) in [6.07, 6.45) is 3.92. The Balaban J connectivity index is 2.27. The van der Waals surface area contributed by atoms with Crippen LogP contribution in [0.15, 0.2) is 0 Å². The molecule has 0 heterocycles. The molecule has 1 aliphatic rings. The van der Waals surface area contributed by atoms with E-state index in [9.17, 15) is 4.79 Å². The summed E-state index contributed by atoms with van der Waals surface area (Å²) in [6.45, 7) is 3.81. The van der Waals surface area contributed by atoms with E-state index >= 15 is 0 Å². The summed E-state index contributed by atoms with van der Waals surface area (Å²) < 4.78 is -0.360. The maximum Gasteiger partial charge on any atom is 0.321 e. The molecule has 0 aromatic rings. The fourth-order valence-electron chi connectivity index (χ4n) is 1.28. The summed E-state index contributed by atoms with van der Waals surface area (Å²) in [5, 5.41) is 8.80. The van der Waals surface area contributed by atoms with Crippen LogP contribution in [0, 0.1) is 5.92 Å². The highest BCUT2D eigenvalue weighted by Crippen LogP contribution is 2.36. The van der Waals surface area contributed by atoms with Gasteiger partial charge in [-0.1, -0.05) is 12.8 Å². The van der Waals surface area contributed by atoms with Gasteiger partial charge in [-0.2, -0.15) is 11.8 Å². The van der Waals surface area contributed by atoms with Crippen molar-refractivity contribution in [1.82, 2.24) is 0 Å². The Morgan fingerprint density at radius 3 is 2.64 bits per heavy atom. The standard InChI is InChI=1S/C10H19NO2S/c1-10(2,8(11)9(12)13)14-6-5-7-3-4-7/h7-8H,3-6,11H2,1-2H3,(H,12,13)/t8-/m0/s1. The summed E-state index contributed by atoms with van der Waals surface area (Å²) in [7, 11) is 0. The summed E-state index contributed by atoms with van der Waals surface area (Å²) in [4.78, 5) is 10.7. The van der Waals surface area contributed by atoms with Crippen molar-refractivity contribution in [3.63, 3.8) is 0 Å². The predicted octanol–water partition coefficient (Wildman–Crippen LogP) is 1.71. The number of carboxylic acids is 1. The van der Waals surface area contributed by atoms with Crippen molar-refractivity contribution in [2.75, 3.05) is 5.75 Å². The molecule has 1 atom stereocenters. The van der Waals surface area contributed by atoms with Gasteiger partial charge in [0, 0.05) is 4.75 Å². The van der Waals surface area contributed by atoms with Gasteiger partial charge < -0.3 is 10.8 Å². The molecule has 1 fully saturated rings. The van der Waals surface area contributed by atoms with Gasteiger partial charge in [0.1, 0.15) is 6.04 Å². The van der Waals surface area contributed by atoms with Crippen LogP contribution in [0.3, 0.4) is 0 Å². The highest BCUT2D eigenvalue weighted by molar-refractivity contribution is 8.00. The first-order valence-corrected chi connectivity index (χ1v) is 6.04. The number of hydrogen-bond donors (Lipinski definition) is 2. The quantitative estimate of drug-likeness (QED) is 0.711. The van der Waals surface area contributed by atoms with Gasteiger partial charge in [-0.15, -0.1) is 0 Å². The van der Waals surface area contributed by atoms with E-state index in [0.717, 1.165) is 11.7 Å². The Hall–Kier alpha value is -0.220. The molecular weight excluding hydrogens is 198 g/mol. The third kappa shape index (κ3) is 3.50. The molecule has 82 valence electrons. The van der Waals surface area contributed by atoms with E-state index in [0.29, 0.717) is 0 Å². The summed E-state index contributed by atoms with van der Waals surface area (Å²) in [6, 6.07) is -0.772. The normalized spacial score (nSPS) is 19.4. The van der Waals surface area contributed by atoms with Crippen LogP contribution in [-0.2, 0) is 4.79 Å². The SMILES string of the molecule is CC(C)(SCCC1CC1)[C@@H](N)C(=O)O. The lowest BCUT2D eigenvalue weighted by atomic mass is 10.1. The highest BCUT2D eigenvalue weighted by Gasteiger charge is 2.33. The van der Waals surface area contributed by atoms with Gasteiger partial charge in [0.15, 0.2) is 0 Å². The van der Waals surface area contributed by atoms with Crippen LogP contribution in [0.1, 0.15) is 33.1 Å². The number of aliphatic carboxylic acids is 1. The van der Waals surface area contributed by atoms with Crippen LogP contribution in [-0.4, -0.2) is 27.6 Å². The van der Waals surface area contributed by atoms with E-state index in [1.807, 2.05) is 13.8 Å². The van der Waals surface area contributed by atoms with E-state index in [2.05, 4.69) is 0 Å². The summed E-state index contributed by atoms with van der Waals surface area (Å²) in [5.41, 5.74) is 5.61. The molecule has 0 saturated heterocycles. The lowest BCUT2D eigenvalue weighted by Crippen LogP contribution is -2.46. The molecule has 0 aromatic heterocycles. The zero-order valence-electron chi connectivity index (χ0n) is 8.82. The number of carbonyl (C=O) groups is 1. The highest BCUT2D eigenvalue weighted by atomic mass is 32.2. The van der Waals surface area contributed by atoms with Crippen molar-refractivity contribution >= 4 is 17.7 Å². The van der Waals surface area contributed by atoms with Crippen LogP contribution < -0.4 is 5.73 Å². The first kappa shape index (κ1) is 11.9. The Morgan fingerprint density at radius 2 is 2.21 bits per heavy atom. The molecule has 0 unspecified atom stereocenters. The Bertz CT molecular complexity index is 214. The lowest BCUT2D eigenvalue weighted by Gasteiger charge is -2.27. The van der Waals surface area contributed by atoms with E-state index in [4.69, 9.17) is 10.8 Å². The molecule has 0 amide bonds. The van der Waals surface area contributed by atoms with Crippen LogP contribution in [0.25, 0.3) is 0 Å². The minimum atomic E-state index is -0.908. The zero-order chi connectivity index (χ0) is 10.8. The summed E-state index contributed by atoms with van der Waals surface area (Å²) in [5.74, 6) is 1.02. The van der Waals surface area contributed by atoms with E-state index in [1.54, 1.807) is 11.8 Å². The monoisotopic (exact) mass is 217 g/mol. The minimum Gasteiger partial charge on any atom is -0.480 e. The number of thioether (sulfide) groups is 1. The first-order chi connectivity index (χ1) is 6.43. The number of hydrogen-bond acceptors (Lipinski definition) is 3. The van der Waals surface area contributed by atoms with Crippen LogP contribution in [0.2, 0.25) is 0 Å². The second-order valence-electron chi connectivity index (χ2n) is 4.50. The first-order valence-electron chi connectivity index (χ1n) is 5.06. The van der Waals surface area contributed by atoms with Gasteiger partial charge in [0.05, 0.1) is 0 Å². The molecule has 0 aromatic carbocycles. The Kier molecular flexibility index (Phi) is 3.84. The molecule has 0 bridgehead atoms. The van der Waals surface area contributed by atoms with E-state index in [1.165, 1.54) is 19.3 Å². The smallest absolute Gasteiger partial charge is 0.321 e. The average Bonchev–Trinajstić information content (AvgIpc) is 2.86. The maximum absolute atomic E-state index is 10.7. The Labute approximate surface area is 89.4 Å². The largest absolute Gasteiger partial charge is 0.480 e. The maximum atomic E-state index is 10.7. The lowest BCUT2D eigenvalue weighted by molar-refractivity contribution is -0.139. The number of nitrogens with two attached hydrogens (primary N) is 1. The van der Waals surface area contributed by atoms with Crippen LogP contribution >= 0.6 is 11.8 Å². The molecule has 1 rings (SSSR count). The fraction of sp³-hybridized carbons (Fsp3) is 0.900. The zero-order valence-corrected chi connectivity index (χ0v) is 9.64. The molecule has 3 N–H and O–H groups in total. The van der Waals surface area contributed by atoms with Crippen molar-refractivity contribution in [2.24, 2.45) is 11.7 Å². The predicted molar refractivity (Wildman–Crippen MR) is 59.5 cm³/mol. The van der Waals surface area contributed by atoms with Crippen LogP contribution in [0.5, 0.6) is 0 Å². The van der Waals surface area contributed by atoms with Gasteiger partial charge in [0.2, 0.25) is 0 Å². The average molecular weight is 217 g/mol. The molecule has 0 radical (unpaired) electrons. The van der Waals surface area contributed by atoms with E-state index < -0.39 is 12.0 Å². The number of rotatable bonds is 6. The molecule has 1 aliphatic carbocycles. The third-order valence-corrected chi connectivity index (χ3v) is 4.15. The second kappa shape index (κ2) is 4.53. The van der Waals surface area contributed by atoms with E-state index in [-0.39, 0.29) is 4.75 Å². The van der Waals surface area contributed by atoms with Gasteiger partial charge in [-0.25, -0.2) is 0 Å². The molecular formula is C10H19NO2S. The molecule has 1 saturated carbocycles. The van der Waals surface area contributed by atoms with Crippen molar-refractivity contribution in [3.8, 4) is 0 Å². The van der Waals surface area contributed by atoms with Crippen molar-refractivity contribution in [3.05, 3.63) is 0 Å². The van der Waals surface area contributed by atoms with Crippen molar-refractivity contribution in [2.45, 2.75) is 43.9 Å². The topological polar surface area (TPSA) is 63.3 Å². The van der Waals surface area contributed by atoms with Gasteiger partial charge in [-0.05, 0) is 31.9 Å². The number of carboxylic acid groups (broad SMARTS) is 1. The van der Waals surface area contributed by atoms with Gasteiger partial charge in [-0.3, -0.25) is 4.79 Å². The molecule has 14 heavy (non-hydrogen) atoms. The fourth-order valence-corrected chi connectivity index (χ4v) is 2.54. The van der Waals surface area contributed by atoms with Crippen molar-refractivity contribution < 1.29 is 9.90 Å². The third-order valence-electron chi connectivity index (χ3n) is 2.71. The molecule has 0 spiro atoms. The second-order valence-corrected chi connectivity index (χ2v) is 6.25. The minimum absolute atomic E-state index is 0.360. The molecule has 4 heteroatoms. The molecule has 3 nitrogen and oxygen atoms in total. The molecule has 0 aliphatic heterocycles. The Morgan fingerprint density at radius 1 is 1.64 bits per heavy atom. The summed E-state index contributed by atoms with van der Waals surface area (Å²) >= 11 is 1.68.